The van der Waals surface area contributed by atoms with Crippen molar-refractivity contribution in [1.29, 1.82) is 0 Å². The fourth-order valence-electron chi connectivity index (χ4n) is 6.86. The molecule has 2 aromatic carbocycles. The van der Waals surface area contributed by atoms with Crippen molar-refractivity contribution >= 4 is 28.8 Å². The van der Waals surface area contributed by atoms with Crippen LogP contribution < -0.4 is 15.5 Å². The van der Waals surface area contributed by atoms with Gasteiger partial charge in [-0.3, -0.25) is 19.3 Å². The van der Waals surface area contributed by atoms with Crippen molar-refractivity contribution in [1.82, 2.24) is 4.90 Å². The Labute approximate surface area is 243 Å². The summed E-state index contributed by atoms with van der Waals surface area (Å²) in [4.78, 5) is 45.2. The first-order valence-electron chi connectivity index (χ1n) is 13.6. The summed E-state index contributed by atoms with van der Waals surface area (Å²) >= 11 is 0. The molecule has 0 saturated carbocycles. The number of allylic oxidation sites excluding steroid dienone is 1. The highest BCUT2D eigenvalue weighted by Gasteiger charge is 2.63. The lowest BCUT2D eigenvalue weighted by atomic mass is 9.58. The largest absolute Gasteiger partial charge is 0.510 e. The standard InChI is InChI=1S/C31H36N4O7/c1-33(2)16-9-7-14(8-10-16)17-13-20(34(3)4)18-11-15-12-19-24(35(5)6)27(38)23(30(32)41)29(40)31(19,42)28(39)21(15)26(37)22(18)25(17)36/h7-10,13,15,19,24,36,38-39,42H,11-12H2,1-6H3,(H2,32,41)/t15-,19-,24-,31-/m0/s1. The van der Waals surface area contributed by atoms with Crippen molar-refractivity contribution in [3.05, 3.63) is 64.1 Å². The van der Waals surface area contributed by atoms with Gasteiger partial charge in [0.25, 0.3) is 5.91 Å². The van der Waals surface area contributed by atoms with Crippen molar-refractivity contribution in [2.75, 3.05) is 52.1 Å². The Morgan fingerprint density at radius 3 is 2.12 bits per heavy atom. The quantitative estimate of drug-likeness (QED) is 0.332. The van der Waals surface area contributed by atoms with E-state index in [-0.39, 0.29) is 29.7 Å². The molecule has 11 heteroatoms. The van der Waals surface area contributed by atoms with Gasteiger partial charge in [-0.15, -0.1) is 0 Å². The van der Waals surface area contributed by atoms with E-state index >= 15 is 0 Å². The number of nitrogens with zero attached hydrogens (tertiary/aromatic N) is 3. The number of carbonyl (C=O) groups excluding carboxylic acids is 3. The third-order valence-corrected chi connectivity index (χ3v) is 8.88. The zero-order valence-electron chi connectivity index (χ0n) is 24.5. The number of hydrogen-bond acceptors (Lipinski definition) is 10. The molecule has 0 bridgehead atoms. The molecule has 2 aromatic rings. The minimum Gasteiger partial charge on any atom is -0.510 e. The number of aromatic hydroxyl groups is 1. The minimum atomic E-state index is -2.68. The molecular weight excluding hydrogens is 540 g/mol. The lowest BCUT2D eigenvalue weighted by molar-refractivity contribution is -0.148. The first-order chi connectivity index (χ1) is 19.6. The number of rotatable bonds is 5. The molecule has 5 rings (SSSR count). The maximum atomic E-state index is 14.2. The van der Waals surface area contributed by atoms with Gasteiger partial charge in [-0.1, -0.05) is 12.1 Å². The van der Waals surface area contributed by atoms with Gasteiger partial charge in [0, 0.05) is 56.6 Å². The maximum absolute atomic E-state index is 14.2. The van der Waals surface area contributed by atoms with Crippen LogP contribution in [0.2, 0.25) is 0 Å². The monoisotopic (exact) mass is 576 g/mol. The van der Waals surface area contributed by atoms with Crippen LogP contribution in [0.15, 0.2) is 53.0 Å². The Kier molecular flexibility index (Phi) is 6.86. The summed E-state index contributed by atoms with van der Waals surface area (Å²) in [5, 5.41) is 45.9. The number of ketones is 2. The first-order valence-corrected chi connectivity index (χ1v) is 13.6. The Morgan fingerprint density at radius 2 is 1.60 bits per heavy atom. The molecule has 4 atom stereocenters. The van der Waals surface area contributed by atoms with Crippen LogP contribution in [0.4, 0.5) is 11.4 Å². The Bertz CT molecular complexity index is 1590. The molecule has 0 aliphatic heterocycles. The van der Waals surface area contributed by atoms with Crippen LogP contribution in [-0.4, -0.2) is 96.7 Å². The van der Waals surface area contributed by atoms with Gasteiger partial charge < -0.3 is 36.0 Å². The summed E-state index contributed by atoms with van der Waals surface area (Å²) in [6.07, 6.45) is 0.253. The molecule has 1 amide bonds. The lowest BCUT2D eigenvalue weighted by Crippen LogP contribution is -2.63. The Hall–Kier alpha value is -4.35. The van der Waals surface area contributed by atoms with Gasteiger partial charge >= 0.3 is 0 Å². The second kappa shape index (κ2) is 9.88. The number of primary amides is 1. The van der Waals surface area contributed by atoms with Gasteiger partial charge in [-0.25, -0.2) is 0 Å². The molecule has 0 fully saturated rings. The molecule has 0 unspecified atom stereocenters. The van der Waals surface area contributed by atoms with Crippen molar-refractivity contribution in [3.8, 4) is 16.9 Å². The van der Waals surface area contributed by atoms with E-state index in [1.54, 1.807) is 14.1 Å². The number of fused-ring (bicyclic) bond motifs is 3. The van der Waals surface area contributed by atoms with Crippen LogP contribution in [0.25, 0.3) is 11.1 Å². The molecule has 0 aromatic heterocycles. The summed E-state index contributed by atoms with van der Waals surface area (Å²) in [5.74, 6) is -6.69. The van der Waals surface area contributed by atoms with Crippen LogP contribution in [-0.2, 0) is 16.0 Å². The Balaban J connectivity index is 1.73. The first kappa shape index (κ1) is 29.2. The molecule has 0 spiro atoms. The third-order valence-electron chi connectivity index (χ3n) is 8.88. The fraction of sp³-hybridized carbons (Fsp3) is 0.387. The number of phenolic OH excluding ortho intramolecular Hbond substituents is 1. The summed E-state index contributed by atoms with van der Waals surface area (Å²) in [6.45, 7) is 0. The van der Waals surface area contributed by atoms with E-state index in [0.717, 1.165) is 5.69 Å². The average Bonchev–Trinajstić information content (AvgIpc) is 2.90. The van der Waals surface area contributed by atoms with E-state index in [1.165, 1.54) is 4.90 Å². The second-order valence-corrected chi connectivity index (χ2v) is 11.9. The molecule has 11 nitrogen and oxygen atoms in total. The van der Waals surface area contributed by atoms with E-state index in [1.807, 2.05) is 68.3 Å². The number of likely N-dealkylation sites (N-methyl/N-ethyl adjacent to an activating group) is 1. The van der Waals surface area contributed by atoms with Crippen molar-refractivity contribution in [2.24, 2.45) is 17.6 Å². The predicted molar refractivity (Wildman–Crippen MR) is 158 cm³/mol. The zero-order chi connectivity index (χ0) is 31.0. The molecule has 3 aliphatic carbocycles. The number of nitrogens with two attached hydrogens (primary N) is 1. The van der Waals surface area contributed by atoms with Gasteiger partial charge in [-0.2, -0.15) is 0 Å². The van der Waals surface area contributed by atoms with Gasteiger partial charge in [0.2, 0.25) is 5.78 Å². The molecule has 3 aliphatic rings. The van der Waals surface area contributed by atoms with E-state index in [9.17, 15) is 34.8 Å². The number of anilines is 2. The number of phenols is 1. The highest BCUT2D eigenvalue weighted by atomic mass is 16.3. The predicted octanol–water partition coefficient (Wildman–Crippen LogP) is 1.92. The number of aliphatic hydroxyl groups excluding tert-OH is 2. The Morgan fingerprint density at radius 1 is 0.976 bits per heavy atom. The number of carbonyl (C=O) groups is 3. The number of amides is 1. The highest BCUT2D eigenvalue weighted by Crippen LogP contribution is 2.54. The average molecular weight is 577 g/mol. The SMILES string of the molecule is CN(C)c1ccc(-c2cc(N(C)C)c3c(c2O)C(=O)C2=C(O)[C@]4(O)C(=O)C(C(N)=O)=C(O)[C@@H](N(C)C)[C@@H]4C[C@@H]2C3)cc1. The number of hydrogen-bond donors (Lipinski definition) is 5. The molecule has 6 N–H and O–H groups in total. The minimum absolute atomic E-state index is 0.0198. The zero-order valence-corrected chi connectivity index (χ0v) is 24.5. The molecule has 0 heterocycles. The lowest BCUT2D eigenvalue weighted by Gasteiger charge is -2.50. The van der Waals surface area contributed by atoms with Gasteiger partial charge in [0.05, 0.1) is 11.6 Å². The molecule has 0 saturated heterocycles. The fourth-order valence-corrected chi connectivity index (χ4v) is 6.86. The molecule has 222 valence electrons. The summed E-state index contributed by atoms with van der Waals surface area (Å²) < 4.78 is 0. The number of benzene rings is 2. The topological polar surface area (TPSA) is 168 Å². The normalized spacial score (nSPS) is 25.3. The summed E-state index contributed by atoms with van der Waals surface area (Å²) in [7, 11) is 10.7. The van der Waals surface area contributed by atoms with Crippen molar-refractivity contribution < 1.29 is 34.8 Å². The van der Waals surface area contributed by atoms with Gasteiger partial charge in [-0.05, 0) is 62.2 Å². The van der Waals surface area contributed by atoms with Crippen LogP contribution in [0.1, 0.15) is 22.3 Å². The third kappa shape index (κ3) is 3.98. The number of aliphatic hydroxyl groups is 3. The highest BCUT2D eigenvalue weighted by molar-refractivity contribution is 6.25. The second-order valence-electron chi connectivity index (χ2n) is 11.9. The molecule has 42 heavy (non-hydrogen) atoms. The van der Waals surface area contributed by atoms with E-state index in [2.05, 4.69) is 0 Å². The van der Waals surface area contributed by atoms with E-state index < -0.39 is 58.0 Å². The van der Waals surface area contributed by atoms with Crippen LogP contribution >= 0.6 is 0 Å². The van der Waals surface area contributed by atoms with Crippen LogP contribution in [0, 0.1) is 11.8 Å². The van der Waals surface area contributed by atoms with Gasteiger partial charge in [0.1, 0.15) is 22.8 Å². The van der Waals surface area contributed by atoms with Gasteiger partial charge in [0.15, 0.2) is 11.4 Å². The summed E-state index contributed by atoms with van der Waals surface area (Å²) in [5.41, 5.74) is 5.00. The maximum Gasteiger partial charge on any atom is 0.255 e. The smallest absolute Gasteiger partial charge is 0.255 e. The van der Waals surface area contributed by atoms with E-state index in [0.29, 0.717) is 22.4 Å². The van der Waals surface area contributed by atoms with Crippen LogP contribution in [0.3, 0.4) is 0 Å². The van der Waals surface area contributed by atoms with Crippen molar-refractivity contribution in [3.63, 3.8) is 0 Å². The molecule has 0 radical (unpaired) electrons. The van der Waals surface area contributed by atoms with E-state index in [4.69, 9.17) is 5.73 Å². The summed E-state index contributed by atoms with van der Waals surface area (Å²) in [6, 6.07) is 8.24. The van der Waals surface area contributed by atoms with Crippen LogP contribution in [0.5, 0.6) is 5.75 Å². The number of Topliss-reactive ketones (excluding diaryl/α,β-unsaturated/α-hetero) is 2. The molecular formula is C31H36N4O7. The van der Waals surface area contributed by atoms with Crippen molar-refractivity contribution in [2.45, 2.75) is 24.5 Å².